The fraction of sp³-hybridized carbons (Fsp3) is 0. The van der Waals surface area contributed by atoms with Crippen molar-refractivity contribution in [2.75, 3.05) is 5.73 Å². The maximum atomic E-state index is 11.3. The molecule has 0 radical (unpaired) electrons. The Bertz CT molecular complexity index is 760. The molecular formula is C14H10N2O3. The van der Waals surface area contributed by atoms with Crippen molar-refractivity contribution in [3.8, 4) is 22.6 Å². The predicted molar refractivity (Wildman–Crippen MR) is 70.3 cm³/mol. The van der Waals surface area contributed by atoms with Crippen LogP contribution in [-0.2, 0) is 0 Å². The molecule has 3 rings (SSSR count). The van der Waals surface area contributed by atoms with Crippen LogP contribution in [0.15, 0.2) is 62.4 Å². The number of nitrogens with zero attached hydrogens (tertiary/aromatic N) is 1. The highest BCUT2D eigenvalue weighted by Crippen LogP contribution is 2.26. The lowest BCUT2D eigenvalue weighted by atomic mass is 10.1. The van der Waals surface area contributed by atoms with Gasteiger partial charge >= 0.3 is 0 Å². The Morgan fingerprint density at radius 2 is 1.79 bits per heavy atom. The first kappa shape index (κ1) is 11.3. The lowest BCUT2D eigenvalue weighted by molar-refractivity contribution is 0.564. The molecule has 0 saturated heterocycles. The molecule has 0 saturated carbocycles. The standard InChI is InChI=1S/C14H10N2O3/c15-14-16-13(17)8-12(19-14)10-4-1-3-9(7-10)11-5-2-6-18-11/h1-8H,(H2,15,16,17). The third-order valence-electron chi connectivity index (χ3n) is 2.64. The number of benzene rings is 1. The van der Waals surface area contributed by atoms with E-state index in [1.165, 1.54) is 6.07 Å². The largest absolute Gasteiger partial charge is 0.464 e. The molecule has 0 bridgehead atoms. The molecule has 0 fully saturated rings. The number of aromatic nitrogens is 1. The summed E-state index contributed by atoms with van der Waals surface area (Å²) in [5.41, 5.74) is 6.63. The van der Waals surface area contributed by atoms with Crippen molar-refractivity contribution in [3.63, 3.8) is 0 Å². The summed E-state index contributed by atoms with van der Waals surface area (Å²) in [6.45, 7) is 0. The van der Waals surface area contributed by atoms with Crippen molar-refractivity contribution in [1.82, 2.24) is 4.98 Å². The first-order valence-electron chi connectivity index (χ1n) is 5.64. The van der Waals surface area contributed by atoms with Gasteiger partial charge in [-0.15, -0.1) is 0 Å². The summed E-state index contributed by atoms with van der Waals surface area (Å²) in [6, 6.07) is 12.3. The zero-order valence-electron chi connectivity index (χ0n) is 9.87. The molecule has 2 aromatic heterocycles. The van der Waals surface area contributed by atoms with Gasteiger partial charge in [-0.05, 0) is 18.2 Å². The van der Waals surface area contributed by atoms with Crippen LogP contribution in [0.25, 0.3) is 22.6 Å². The Hall–Kier alpha value is -2.82. The fourth-order valence-corrected chi connectivity index (χ4v) is 1.83. The molecule has 0 unspecified atom stereocenters. The van der Waals surface area contributed by atoms with Gasteiger partial charge in [0.15, 0.2) is 0 Å². The van der Waals surface area contributed by atoms with E-state index < -0.39 is 5.56 Å². The average Bonchev–Trinajstić information content (AvgIpc) is 2.92. The lowest BCUT2D eigenvalue weighted by Crippen LogP contribution is -2.07. The molecule has 0 amide bonds. The van der Waals surface area contributed by atoms with Gasteiger partial charge < -0.3 is 14.6 Å². The van der Waals surface area contributed by atoms with Gasteiger partial charge in [0.2, 0.25) is 0 Å². The highest BCUT2D eigenvalue weighted by Gasteiger charge is 2.07. The second-order valence-corrected chi connectivity index (χ2v) is 3.96. The number of nitrogen functional groups attached to an aromatic ring is 1. The Labute approximate surface area is 108 Å². The normalized spacial score (nSPS) is 10.5. The number of hydrogen-bond donors (Lipinski definition) is 1. The van der Waals surface area contributed by atoms with E-state index in [1.807, 2.05) is 36.4 Å². The maximum Gasteiger partial charge on any atom is 0.295 e. The van der Waals surface area contributed by atoms with E-state index in [9.17, 15) is 4.79 Å². The van der Waals surface area contributed by atoms with E-state index in [0.29, 0.717) is 5.76 Å². The maximum absolute atomic E-state index is 11.3. The van der Waals surface area contributed by atoms with Gasteiger partial charge in [-0.3, -0.25) is 4.79 Å². The first-order chi connectivity index (χ1) is 9.22. The summed E-state index contributed by atoms with van der Waals surface area (Å²) in [6.07, 6.45) is 1.60. The molecule has 0 aliphatic heterocycles. The van der Waals surface area contributed by atoms with Crippen molar-refractivity contribution < 1.29 is 8.83 Å². The van der Waals surface area contributed by atoms with Gasteiger partial charge in [0.05, 0.1) is 6.26 Å². The van der Waals surface area contributed by atoms with Crippen molar-refractivity contribution in [2.24, 2.45) is 0 Å². The van der Waals surface area contributed by atoms with Gasteiger partial charge in [0.25, 0.3) is 11.6 Å². The second-order valence-electron chi connectivity index (χ2n) is 3.96. The smallest absolute Gasteiger partial charge is 0.295 e. The van der Waals surface area contributed by atoms with Crippen molar-refractivity contribution in [2.45, 2.75) is 0 Å². The van der Waals surface area contributed by atoms with Crippen LogP contribution in [0.1, 0.15) is 0 Å². The summed E-state index contributed by atoms with van der Waals surface area (Å²) < 4.78 is 10.6. The van der Waals surface area contributed by atoms with E-state index >= 15 is 0 Å². The molecule has 2 N–H and O–H groups in total. The SMILES string of the molecule is Nc1nc(=O)cc(-c2cccc(-c3ccco3)c2)o1. The molecule has 19 heavy (non-hydrogen) atoms. The van der Waals surface area contributed by atoms with E-state index in [4.69, 9.17) is 14.6 Å². The summed E-state index contributed by atoms with van der Waals surface area (Å²) in [5.74, 6) is 1.12. The number of furan rings is 1. The predicted octanol–water partition coefficient (Wildman–Crippen LogP) is 2.54. The molecule has 94 valence electrons. The molecule has 2 heterocycles. The van der Waals surface area contributed by atoms with Gasteiger partial charge in [0, 0.05) is 17.2 Å². The van der Waals surface area contributed by atoms with Crippen LogP contribution in [0.4, 0.5) is 6.01 Å². The van der Waals surface area contributed by atoms with E-state index in [-0.39, 0.29) is 6.01 Å². The molecule has 0 atom stereocenters. The van der Waals surface area contributed by atoms with Crippen LogP contribution in [0.2, 0.25) is 0 Å². The van der Waals surface area contributed by atoms with Crippen LogP contribution in [0.5, 0.6) is 0 Å². The van der Waals surface area contributed by atoms with Crippen LogP contribution in [-0.4, -0.2) is 4.98 Å². The molecule has 5 heteroatoms. The van der Waals surface area contributed by atoms with Gasteiger partial charge in [-0.1, -0.05) is 18.2 Å². The minimum atomic E-state index is -0.429. The highest BCUT2D eigenvalue weighted by atomic mass is 16.4. The Balaban J connectivity index is 2.11. The Morgan fingerprint density at radius 3 is 2.47 bits per heavy atom. The van der Waals surface area contributed by atoms with Gasteiger partial charge in [-0.2, -0.15) is 4.98 Å². The summed E-state index contributed by atoms with van der Waals surface area (Å²) in [4.78, 5) is 14.8. The molecule has 5 nitrogen and oxygen atoms in total. The minimum absolute atomic E-state index is 0.147. The van der Waals surface area contributed by atoms with Crippen LogP contribution < -0.4 is 11.3 Å². The molecule has 0 spiro atoms. The number of rotatable bonds is 2. The second kappa shape index (κ2) is 4.45. The average molecular weight is 254 g/mol. The number of nitrogens with two attached hydrogens (primary N) is 1. The summed E-state index contributed by atoms with van der Waals surface area (Å²) >= 11 is 0. The summed E-state index contributed by atoms with van der Waals surface area (Å²) in [5, 5.41) is 0. The molecule has 1 aromatic carbocycles. The van der Waals surface area contributed by atoms with E-state index in [1.54, 1.807) is 6.26 Å². The molecule has 0 aliphatic carbocycles. The van der Waals surface area contributed by atoms with Crippen LogP contribution in [0, 0.1) is 0 Å². The minimum Gasteiger partial charge on any atom is -0.464 e. The van der Waals surface area contributed by atoms with Crippen LogP contribution >= 0.6 is 0 Å². The molecular weight excluding hydrogens is 244 g/mol. The summed E-state index contributed by atoms with van der Waals surface area (Å²) in [7, 11) is 0. The quantitative estimate of drug-likeness (QED) is 0.759. The lowest BCUT2D eigenvalue weighted by Gasteiger charge is -2.03. The number of hydrogen-bond acceptors (Lipinski definition) is 5. The monoisotopic (exact) mass is 254 g/mol. The van der Waals surface area contributed by atoms with Crippen LogP contribution in [0.3, 0.4) is 0 Å². The topological polar surface area (TPSA) is 82.3 Å². The van der Waals surface area contributed by atoms with E-state index in [2.05, 4.69) is 4.98 Å². The number of anilines is 1. The zero-order chi connectivity index (χ0) is 13.2. The van der Waals surface area contributed by atoms with Crippen molar-refractivity contribution in [1.29, 1.82) is 0 Å². The highest BCUT2D eigenvalue weighted by molar-refractivity contribution is 5.67. The molecule has 3 aromatic rings. The van der Waals surface area contributed by atoms with Crippen molar-refractivity contribution in [3.05, 3.63) is 59.1 Å². The van der Waals surface area contributed by atoms with E-state index in [0.717, 1.165) is 16.9 Å². The van der Waals surface area contributed by atoms with Gasteiger partial charge in [0.1, 0.15) is 11.5 Å². The van der Waals surface area contributed by atoms with Gasteiger partial charge in [-0.25, -0.2) is 0 Å². The Morgan fingerprint density at radius 1 is 1.00 bits per heavy atom. The third-order valence-corrected chi connectivity index (χ3v) is 2.64. The fourth-order valence-electron chi connectivity index (χ4n) is 1.83. The molecule has 0 aliphatic rings. The zero-order valence-corrected chi connectivity index (χ0v) is 9.87. The third kappa shape index (κ3) is 2.26. The first-order valence-corrected chi connectivity index (χ1v) is 5.64. The Kier molecular flexibility index (Phi) is 2.64. The van der Waals surface area contributed by atoms with Crippen molar-refractivity contribution >= 4 is 6.01 Å².